The van der Waals surface area contributed by atoms with E-state index in [1.165, 1.54) is 0 Å². The first-order valence-corrected chi connectivity index (χ1v) is 7.43. The Morgan fingerprint density at radius 3 is 2.77 bits per heavy atom. The van der Waals surface area contributed by atoms with Crippen molar-refractivity contribution in [3.8, 4) is 0 Å². The summed E-state index contributed by atoms with van der Waals surface area (Å²) in [7, 11) is 0. The average molecular weight is 300 g/mol. The molecule has 0 aliphatic carbocycles. The molecule has 2 aromatic rings. The number of H-pyrrole nitrogens is 1. The molecule has 0 amide bonds. The largest absolute Gasteiger partial charge is 0.368 e. The van der Waals surface area contributed by atoms with Crippen molar-refractivity contribution in [2.45, 2.75) is 39.3 Å². The van der Waals surface area contributed by atoms with Gasteiger partial charge in [-0.2, -0.15) is 0 Å². The van der Waals surface area contributed by atoms with Crippen molar-refractivity contribution >= 4 is 5.95 Å². The summed E-state index contributed by atoms with van der Waals surface area (Å²) in [5.41, 5.74) is 8.16. The molecule has 0 fully saturated rings. The van der Waals surface area contributed by atoms with E-state index in [2.05, 4.69) is 24.8 Å². The van der Waals surface area contributed by atoms with Gasteiger partial charge in [0.25, 0.3) is 5.56 Å². The molecular formula is C15H20N6O. The standard InChI is InChI=1S/C15H20N6O/c1-9(2)13-19-12-3-4-21(8-11(12)14(22)20-13)7-10-5-17-15(16)18-6-10/h5-6,9H,3-4,7-8H2,1-2H3,(H2,16,17,18)(H,19,20,22). The maximum atomic E-state index is 12.3. The molecule has 0 spiro atoms. The van der Waals surface area contributed by atoms with Gasteiger partial charge in [0.1, 0.15) is 5.82 Å². The highest BCUT2D eigenvalue weighted by Gasteiger charge is 2.21. The average Bonchev–Trinajstić information content (AvgIpc) is 2.50. The Hall–Kier alpha value is -2.28. The summed E-state index contributed by atoms with van der Waals surface area (Å²) >= 11 is 0. The molecule has 0 saturated heterocycles. The number of nitrogen functional groups attached to an aromatic ring is 1. The van der Waals surface area contributed by atoms with Gasteiger partial charge in [0.05, 0.1) is 11.3 Å². The number of hydrogen-bond donors (Lipinski definition) is 2. The molecule has 1 aliphatic rings. The zero-order chi connectivity index (χ0) is 15.7. The van der Waals surface area contributed by atoms with Gasteiger partial charge in [-0.15, -0.1) is 0 Å². The molecule has 0 unspecified atom stereocenters. The van der Waals surface area contributed by atoms with E-state index in [0.717, 1.165) is 35.6 Å². The summed E-state index contributed by atoms with van der Waals surface area (Å²) in [4.78, 5) is 30.0. The number of rotatable bonds is 3. The second-order valence-corrected chi connectivity index (χ2v) is 5.94. The monoisotopic (exact) mass is 300 g/mol. The van der Waals surface area contributed by atoms with Crippen molar-refractivity contribution in [1.82, 2.24) is 24.8 Å². The van der Waals surface area contributed by atoms with Crippen molar-refractivity contribution in [2.75, 3.05) is 12.3 Å². The van der Waals surface area contributed by atoms with E-state index in [-0.39, 0.29) is 17.4 Å². The summed E-state index contributed by atoms with van der Waals surface area (Å²) in [6, 6.07) is 0. The summed E-state index contributed by atoms with van der Waals surface area (Å²) in [6.45, 7) is 6.22. The smallest absolute Gasteiger partial charge is 0.255 e. The van der Waals surface area contributed by atoms with Gasteiger partial charge in [-0.05, 0) is 0 Å². The Morgan fingerprint density at radius 2 is 2.09 bits per heavy atom. The van der Waals surface area contributed by atoms with E-state index in [0.29, 0.717) is 13.1 Å². The van der Waals surface area contributed by atoms with Crippen molar-refractivity contribution in [3.05, 3.63) is 45.4 Å². The first kappa shape index (κ1) is 14.6. The predicted octanol–water partition coefficient (Wildman–Crippen LogP) is 0.824. The number of aromatic amines is 1. The van der Waals surface area contributed by atoms with Crippen LogP contribution in [0.5, 0.6) is 0 Å². The third-order valence-corrected chi connectivity index (χ3v) is 3.84. The molecule has 0 atom stereocenters. The van der Waals surface area contributed by atoms with E-state index in [1.54, 1.807) is 12.4 Å². The minimum atomic E-state index is -0.0213. The topological polar surface area (TPSA) is 101 Å². The van der Waals surface area contributed by atoms with Gasteiger partial charge >= 0.3 is 0 Å². The third kappa shape index (κ3) is 2.99. The molecule has 0 aromatic carbocycles. The van der Waals surface area contributed by atoms with Gasteiger partial charge in [0, 0.05) is 49.9 Å². The van der Waals surface area contributed by atoms with Gasteiger partial charge in [-0.3, -0.25) is 9.69 Å². The Morgan fingerprint density at radius 1 is 1.36 bits per heavy atom. The van der Waals surface area contributed by atoms with E-state index in [4.69, 9.17) is 5.73 Å². The van der Waals surface area contributed by atoms with Crippen LogP contribution in [0.25, 0.3) is 0 Å². The van der Waals surface area contributed by atoms with Gasteiger partial charge in [0.15, 0.2) is 0 Å². The highest BCUT2D eigenvalue weighted by molar-refractivity contribution is 5.22. The predicted molar refractivity (Wildman–Crippen MR) is 83.2 cm³/mol. The molecule has 0 radical (unpaired) electrons. The number of hydrogen-bond acceptors (Lipinski definition) is 6. The molecule has 3 heterocycles. The fourth-order valence-electron chi connectivity index (χ4n) is 2.61. The zero-order valence-electron chi connectivity index (χ0n) is 12.8. The summed E-state index contributed by atoms with van der Waals surface area (Å²) in [6.07, 6.45) is 4.24. The molecule has 7 heteroatoms. The van der Waals surface area contributed by atoms with Crippen LogP contribution in [0.1, 0.15) is 42.4 Å². The molecule has 1 aliphatic heterocycles. The molecule has 2 aromatic heterocycles. The van der Waals surface area contributed by atoms with Crippen molar-refractivity contribution < 1.29 is 0 Å². The van der Waals surface area contributed by atoms with Crippen LogP contribution in [0.3, 0.4) is 0 Å². The number of anilines is 1. The number of nitrogens with one attached hydrogen (secondary N) is 1. The summed E-state index contributed by atoms with van der Waals surface area (Å²) in [5, 5.41) is 0. The second-order valence-electron chi connectivity index (χ2n) is 5.94. The van der Waals surface area contributed by atoms with Crippen LogP contribution < -0.4 is 11.3 Å². The van der Waals surface area contributed by atoms with Crippen molar-refractivity contribution in [3.63, 3.8) is 0 Å². The normalized spacial score (nSPS) is 15.0. The molecular weight excluding hydrogens is 280 g/mol. The summed E-state index contributed by atoms with van der Waals surface area (Å²) in [5.74, 6) is 1.27. The number of aromatic nitrogens is 4. The van der Waals surface area contributed by atoms with E-state index < -0.39 is 0 Å². The Bertz CT molecular complexity index is 722. The van der Waals surface area contributed by atoms with Crippen LogP contribution in [0.4, 0.5) is 5.95 Å². The van der Waals surface area contributed by atoms with Crippen LogP contribution in [0, 0.1) is 0 Å². The second kappa shape index (κ2) is 5.84. The maximum absolute atomic E-state index is 12.3. The first-order valence-electron chi connectivity index (χ1n) is 7.43. The maximum Gasteiger partial charge on any atom is 0.255 e. The highest BCUT2D eigenvalue weighted by Crippen LogP contribution is 2.17. The van der Waals surface area contributed by atoms with Crippen molar-refractivity contribution in [1.29, 1.82) is 0 Å². The van der Waals surface area contributed by atoms with Crippen LogP contribution in [-0.2, 0) is 19.5 Å². The minimum absolute atomic E-state index is 0.0213. The van der Waals surface area contributed by atoms with E-state index in [1.807, 2.05) is 13.8 Å². The Labute approximate surface area is 128 Å². The number of nitrogens with zero attached hydrogens (tertiary/aromatic N) is 4. The first-order chi connectivity index (χ1) is 10.5. The lowest BCUT2D eigenvalue weighted by Crippen LogP contribution is -2.36. The minimum Gasteiger partial charge on any atom is -0.368 e. The van der Waals surface area contributed by atoms with Crippen LogP contribution >= 0.6 is 0 Å². The quantitative estimate of drug-likeness (QED) is 0.870. The van der Waals surface area contributed by atoms with E-state index in [9.17, 15) is 4.79 Å². The van der Waals surface area contributed by atoms with Gasteiger partial charge in [-0.1, -0.05) is 13.8 Å². The van der Waals surface area contributed by atoms with Crippen LogP contribution in [0.15, 0.2) is 17.2 Å². The lowest BCUT2D eigenvalue weighted by Gasteiger charge is -2.27. The molecule has 7 nitrogen and oxygen atoms in total. The molecule has 3 rings (SSSR count). The zero-order valence-corrected chi connectivity index (χ0v) is 12.8. The van der Waals surface area contributed by atoms with Crippen LogP contribution in [-0.4, -0.2) is 31.4 Å². The van der Waals surface area contributed by atoms with E-state index >= 15 is 0 Å². The Kier molecular flexibility index (Phi) is 3.89. The fourth-order valence-corrected chi connectivity index (χ4v) is 2.61. The molecule has 0 saturated carbocycles. The molecule has 116 valence electrons. The summed E-state index contributed by atoms with van der Waals surface area (Å²) < 4.78 is 0. The number of fused-ring (bicyclic) bond motifs is 1. The van der Waals surface area contributed by atoms with Gasteiger partial charge in [-0.25, -0.2) is 15.0 Å². The van der Waals surface area contributed by atoms with Crippen LogP contribution in [0.2, 0.25) is 0 Å². The molecule has 3 N–H and O–H groups in total. The van der Waals surface area contributed by atoms with Gasteiger partial charge < -0.3 is 10.7 Å². The SMILES string of the molecule is CC(C)c1nc2c(c(=O)[nH]1)CN(Cc1cnc(N)nc1)CC2. The van der Waals surface area contributed by atoms with Crippen molar-refractivity contribution in [2.24, 2.45) is 0 Å². The lowest BCUT2D eigenvalue weighted by atomic mass is 10.1. The Balaban J connectivity index is 1.79. The molecule has 0 bridgehead atoms. The lowest BCUT2D eigenvalue weighted by molar-refractivity contribution is 0.241. The highest BCUT2D eigenvalue weighted by atomic mass is 16.1. The molecule has 22 heavy (non-hydrogen) atoms. The van der Waals surface area contributed by atoms with Gasteiger partial charge in [0.2, 0.25) is 5.95 Å². The third-order valence-electron chi connectivity index (χ3n) is 3.84. The number of nitrogens with two attached hydrogens (primary N) is 1. The fraction of sp³-hybridized carbons (Fsp3) is 0.467.